The van der Waals surface area contributed by atoms with Gasteiger partial charge in [-0.25, -0.2) is 9.79 Å². The van der Waals surface area contributed by atoms with Crippen LogP contribution in [0.1, 0.15) is 36.6 Å². The Morgan fingerprint density at radius 3 is 2.60 bits per heavy atom. The Balaban J connectivity index is 1.64. The molecule has 2 heterocycles. The number of carbonyl (C=O) groups excluding carboxylic acids is 1. The Morgan fingerprint density at radius 2 is 1.88 bits per heavy atom. The normalized spacial score (nSPS) is 14.8. The van der Waals surface area contributed by atoms with E-state index in [4.69, 9.17) is 37.4 Å². The molecule has 7 nitrogen and oxygen atoms in total. The second kappa shape index (κ2) is 12.9. The van der Waals surface area contributed by atoms with Crippen molar-refractivity contribution in [2.24, 2.45) is 4.99 Å². The number of methoxy groups -OCH3 is 1. The number of hydrogen-bond donors (Lipinski definition) is 0. The summed E-state index contributed by atoms with van der Waals surface area (Å²) in [4.78, 5) is 32.3. The summed E-state index contributed by atoms with van der Waals surface area (Å²) in [5.41, 5.74) is 2.59. The molecule has 0 bridgehead atoms. The fourth-order valence-electron chi connectivity index (χ4n) is 4.64. The summed E-state index contributed by atoms with van der Waals surface area (Å²) in [5, 5.41) is 1.08. The first-order chi connectivity index (χ1) is 20.2. The molecular formula is C31H25BrCl2N2O5S. The number of aromatic nitrogens is 1. The molecule has 216 valence electrons. The molecule has 0 saturated carbocycles. The Morgan fingerprint density at radius 1 is 1.12 bits per heavy atom. The molecule has 0 radical (unpaired) electrons. The van der Waals surface area contributed by atoms with Gasteiger partial charge >= 0.3 is 5.97 Å². The molecule has 1 atom stereocenters. The van der Waals surface area contributed by atoms with Gasteiger partial charge in [-0.05, 0) is 77.8 Å². The van der Waals surface area contributed by atoms with Crippen molar-refractivity contribution in [1.29, 1.82) is 0 Å². The third kappa shape index (κ3) is 6.06. The second-order valence-electron chi connectivity index (χ2n) is 9.26. The van der Waals surface area contributed by atoms with Gasteiger partial charge in [0.1, 0.15) is 18.1 Å². The summed E-state index contributed by atoms with van der Waals surface area (Å²) in [5.74, 6) is 0.620. The number of rotatable bonds is 8. The number of hydrogen-bond acceptors (Lipinski definition) is 7. The van der Waals surface area contributed by atoms with Crippen molar-refractivity contribution in [3.8, 4) is 11.5 Å². The van der Waals surface area contributed by atoms with Crippen LogP contribution >= 0.6 is 50.5 Å². The van der Waals surface area contributed by atoms with Gasteiger partial charge in [-0.15, -0.1) is 0 Å². The average Bonchev–Trinajstić information content (AvgIpc) is 3.26. The molecule has 0 spiro atoms. The van der Waals surface area contributed by atoms with Crippen LogP contribution in [-0.4, -0.2) is 24.3 Å². The number of benzene rings is 3. The maximum atomic E-state index is 14.0. The molecule has 0 fully saturated rings. The van der Waals surface area contributed by atoms with Crippen LogP contribution in [0, 0.1) is 0 Å². The van der Waals surface area contributed by atoms with Crippen LogP contribution < -0.4 is 24.4 Å². The van der Waals surface area contributed by atoms with Gasteiger partial charge in [0.2, 0.25) is 0 Å². The van der Waals surface area contributed by atoms with Crippen LogP contribution in [0.15, 0.2) is 86.2 Å². The van der Waals surface area contributed by atoms with E-state index >= 15 is 0 Å². The lowest BCUT2D eigenvalue weighted by atomic mass is 9.96. The van der Waals surface area contributed by atoms with Gasteiger partial charge < -0.3 is 14.2 Å². The molecule has 0 N–H and O–H groups in total. The highest BCUT2D eigenvalue weighted by atomic mass is 79.9. The SMILES string of the molecule is CCOC(=O)C1=C(C)N=c2s/c(=C/c3cc(Cl)ccc3OCc3ccccc3Cl)c(=O)n2[C@H]1c1ccc(OC)c(Br)c1. The third-order valence-corrected chi connectivity index (χ3v) is 8.81. The van der Waals surface area contributed by atoms with Gasteiger partial charge in [0.15, 0.2) is 4.80 Å². The van der Waals surface area contributed by atoms with Crippen LogP contribution in [0.4, 0.5) is 0 Å². The Kier molecular flexibility index (Phi) is 9.22. The minimum atomic E-state index is -0.764. The summed E-state index contributed by atoms with van der Waals surface area (Å²) < 4.78 is 19.5. The van der Waals surface area contributed by atoms with E-state index < -0.39 is 12.0 Å². The zero-order chi connectivity index (χ0) is 30.0. The number of fused-ring (bicyclic) bond motifs is 1. The van der Waals surface area contributed by atoms with Gasteiger partial charge in [0.05, 0.1) is 40.0 Å². The molecule has 0 saturated heterocycles. The summed E-state index contributed by atoms with van der Waals surface area (Å²) in [6.45, 7) is 3.90. The number of carbonyl (C=O) groups is 1. The second-order valence-corrected chi connectivity index (χ2v) is 12.0. The predicted octanol–water partition coefficient (Wildman–Crippen LogP) is 6.46. The Hall–Kier alpha value is -3.37. The zero-order valence-corrected chi connectivity index (χ0v) is 26.7. The van der Waals surface area contributed by atoms with Crippen LogP contribution in [0.3, 0.4) is 0 Å². The highest BCUT2D eigenvalue weighted by molar-refractivity contribution is 9.10. The van der Waals surface area contributed by atoms with Gasteiger partial charge in [-0.2, -0.15) is 0 Å². The highest BCUT2D eigenvalue weighted by Crippen LogP contribution is 2.35. The van der Waals surface area contributed by atoms with E-state index in [0.717, 1.165) is 5.56 Å². The molecule has 0 aliphatic carbocycles. The first kappa shape index (κ1) is 30.1. The maximum Gasteiger partial charge on any atom is 0.338 e. The largest absolute Gasteiger partial charge is 0.496 e. The summed E-state index contributed by atoms with van der Waals surface area (Å²) in [6, 6.07) is 17.3. The van der Waals surface area contributed by atoms with Crippen molar-refractivity contribution in [2.45, 2.75) is 26.5 Å². The van der Waals surface area contributed by atoms with E-state index in [-0.39, 0.29) is 18.8 Å². The van der Waals surface area contributed by atoms with E-state index in [0.29, 0.717) is 57.7 Å². The molecule has 1 aliphatic rings. The van der Waals surface area contributed by atoms with E-state index in [9.17, 15) is 9.59 Å². The molecule has 4 aromatic rings. The Labute approximate surface area is 264 Å². The van der Waals surface area contributed by atoms with Crippen LogP contribution in [0.2, 0.25) is 10.0 Å². The summed E-state index contributed by atoms with van der Waals surface area (Å²) >= 11 is 17.4. The molecule has 3 aromatic carbocycles. The predicted molar refractivity (Wildman–Crippen MR) is 168 cm³/mol. The lowest BCUT2D eigenvalue weighted by molar-refractivity contribution is -0.139. The fourth-order valence-corrected chi connectivity index (χ4v) is 6.60. The first-order valence-electron chi connectivity index (χ1n) is 12.9. The quantitative estimate of drug-likeness (QED) is 0.199. The molecule has 42 heavy (non-hydrogen) atoms. The number of nitrogens with zero attached hydrogens (tertiary/aromatic N) is 2. The van der Waals surface area contributed by atoms with E-state index in [1.54, 1.807) is 57.4 Å². The number of esters is 1. The van der Waals surface area contributed by atoms with Crippen LogP contribution in [-0.2, 0) is 16.1 Å². The van der Waals surface area contributed by atoms with Crippen LogP contribution in [0.5, 0.6) is 11.5 Å². The van der Waals surface area contributed by atoms with Crippen molar-refractivity contribution < 1.29 is 19.0 Å². The number of halogens is 3. The van der Waals surface area contributed by atoms with Crippen molar-refractivity contribution in [2.75, 3.05) is 13.7 Å². The Bertz CT molecular complexity index is 1900. The third-order valence-electron chi connectivity index (χ3n) is 6.61. The highest BCUT2D eigenvalue weighted by Gasteiger charge is 2.33. The molecular weight excluding hydrogens is 663 g/mol. The number of allylic oxidation sites excluding steroid dienone is 1. The molecule has 11 heteroatoms. The smallest absolute Gasteiger partial charge is 0.338 e. The number of ether oxygens (including phenoxy) is 3. The molecule has 0 unspecified atom stereocenters. The van der Waals surface area contributed by atoms with E-state index in [2.05, 4.69) is 20.9 Å². The van der Waals surface area contributed by atoms with Crippen molar-refractivity contribution in [3.63, 3.8) is 0 Å². The summed E-state index contributed by atoms with van der Waals surface area (Å²) in [6.07, 6.45) is 1.72. The van der Waals surface area contributed by atoms with E-state index in [1.807, 2.05) is 30.3 Å². The monoisotopic (exact) mass is 686 g/mol. The minimum absolute atomic E-state index is 0.185. The van der Waals surface area contributed by atoms with Gasteiger partial charge in [-0.1, -0.05) is 58.8 Å². The van der Waals surface area contributed by atoms with Crippen LogP contribution in [0.25, 0.3) is 6.08 Å². The maximum absolute atomic E-state index is 14.0. The molecule has 1 aliphatic heterocycles. The van der Waals surface area contributed by atoms with Crippen molar-refractivity contribution in [3.05, 3.63) is 123 Å². The fraction of sp³-hybridized carbons (Fsp3) is 0.194. The van der Waals surface area contributed by atoms with Crippen molar-refractivity contribution in [1.82, 2.24) is 4.57 Å². The molecule has 0 amide bonds. The minimum Gasteiger partial charge on any atom is -0.496 e. The van der Waals surface area contributed by atoms with Gasteiger partial charge in [0.25, 0.3) is 5.56 Å². The lowest BCUT2D eigenvalue weighted by Crippen LogP contribution is -2.40. The topological polar surface area (TPSA) is 79.1 Å². The molecule has 5 rings (SSSR count). The lowest BCUT2D eigenvalue weighted by Gasteiger charge is -2.25. The molecule has 1 aromatic heterocycles. The van der Waals surface area contributed by atoms with Crippen molar-refractivity contribution >= 4 is 62.5 Å². The summed E-state index contributed by atoms with van der Waals surface area (Å²) in [7, 11) is 1.57. The van der Waals surface area contributed by atoms with Gasteiger partial charge in [-0.3, -0.25) is 9.36 Å². The standard InChI is InChI=1S/C31H25BrCl2N2O5S/c1-4-40-30(38)27-17(2)35-31-36(28(27)18-9-11-25(39-3)22(32)14-18)29(37)26(42-31)15-20-13-21(33)10-12-24(20)41-16-19-7-5-6-8-23(19)34/h5-15,28H,4,16H2,1-3H3/b26-15+/t28-/m0/s1. The number of thiazole rings is 1. The van der Waals surface area contributed by atoms with E-state index in [1.165, 1.54) is 15.9 Å². The van der Waals surface area contributed by atoms with Gasteiger partial charge in [0, 0.05) is 21.2 Å². The first-order valence-corrected chi connectivity index (χ1v) is 15.3. The average molecular weight is 688 g/mol. The zero-order valence-electron chi connectivity index (χ0n) is 22.8.